The fraction of sp³-hybridized carbons (Fsp3) is 0.304. The molecule has 10 heteroatoms. The van der Waals surface area contributed by atoms with Gasteiger partial charge in [-0.2, -0.15) is 0 Å². The number of aromatic nitrogens is 2. The van der Waals surface area contributed by atoms with Crippen molar-refractivity contribution in [1.29, 1.82) is 0 Å². The number of carbonyl (C=O) groups excluding carboxylic acids is 2. The van der Waals surface area contributed by atoms with Crippen LogP contribution in [0.1, 0.15) is 26.5 Å². The van der Waals surface area contributed by atoms with Crippen molar-refractivity contribution in [3.8, 4) is 0 Å². The normalized spacial score (nSPS) is 14.2. The number of amides is 2. The molecule has 0 unspecified atom stereocenters. The van der Waals surface area contributed by atoms with E-state index in [0.717, 1.165) is 45.1 Å². The van der Waals surface area contributed by atoms with Crippen molar-refractivity contribution in [2.45, 2.75) is 6.42 Å². The summed E-state index contributed by atoms with van der Waals surface area (Å²) in [6.07, 6.45) is 4.38. The largest absolute Gasteiger partial charge is 0.352 e. The molecule has 33 heavy (non-hydrogen) atoms. The first kappa shape index (κ1) is 23.2. The second-order valence-corrected chi connectivity index (χ2v) is 8.97. The van der Waals surface area contributed by atoms with Crippen LogP contribution in [-0.4, -0.2) is 66.0 Å². The highest BCUT2D eigenvalue weighted by Gasteiger charge is 2.18. The molecule has 2 aromatic heterocycles. The van der Waals surface area contributed by atoms with Crippen LogP contribution in [-0.2, 0) is 0 Å². The molecular formula is C23H25ClN6O2S. The molecule has 1 saturated heterocycles. The Kier molecular flexibility index (Phi) is 7.87. The summed E-state index contributed by atoms with van der Waals surface area (Å²) in [5.41, 5.74) is 0.875. The number of hydrogen-bond acceptors (Lipinski definition) is 7. The predicted octanol–water partition coefficient (Wildman–Crippen LogP) is 3.39. The molecule has 1 fully saturated rings. The summed E-state index contributed by atoms with van der Waals surface area (Å²) in [4.78, 5) is 38.6. The van der Waals surface area contributed by atoms with E-state index < -0.39 is 0 Å². The van der Waals surface area contributed by atoms with E-state index in [9.17, 15) is 9.59 Å². The van der Waals surface area contributed by atoms with E-state index in [0.29, 0.717) is 27.7 Å². The number of benzene rings is 1. The highest BCUT2D eigenvalue weighted by molar-refractivity contribution is 7.12. The second-order valence-electron chi connectivity index (χ2n) is 7.61. The number of anilines is 2. The topological polar surface area (TPSA) is 90.5 Å². The third-order valence-corrected chi connectivity index (χ3v) is 6.56. The number of nitrogens with zero attached hydrogens (tertiary/aromatic N) is 4. The van der Waals surface area contributed by atoms with Gasteiger partial charge < -0.3 is 15.5 Å². The smallest absolute Gasteiger partial charge is 0.265 e. The average Bonchev–Trinajstić information content (AvgIpc) is 3.39. The molecule has 0 atom stereocenters. The van der Waals surface area contributed by atoms with Crippen molar-refractivity contribution in [3.05, 3.63) is 69.6 Å². The maximum absolute atomic E-state index is 12.6. The summed E-state index contributed by atoms with van der Waals surface area (Å²) in [6.45, 7) is 5.14. The lowest BCUT2D eigenvalue weighted by molar-refractivity contribution is 0.0950. The summed E-state index contributed by atoms with van der Waals surface area (Å²) < 4.78 is 0. The van der Waals surface area contributed by atoms with E-state index in [-0.39, 0.29) is 11.8 Å². The van der Waals surface area contributed by atoms with Crippen LogP contribution in [0.4, 0.5) is 11.6 Å². The monoisotopic (exact) mass is 484 g/mol. The van der Waals surface area contributed by atoms with Gasteiger partial charge >= 0.3 is 0 Å². The van der Waals surface area contributed by atoms with Gasteiger partial charge in [0.2, 0.25) is 5.95 Å². The number of halogens is 1. The predicted molar refractivity (Wildman–Crippen MR) is 131 cm³/mol. The van der Waals surface area contributed by atoms with Gasteiger partial charge in [0.1, 0.15) is 0 Å². The first-order valence-corrected chi connectivity index (χ1v) is 12.0. The number of rotatable bonds is 8. The molecule has 2 N–H and O–H groups in total. The van der Waals surface area contributed by atoms with Crippen molar-refractivity contribution in [1.82, 2.24) is 20.2 Å². The lowest BCUT2D eigenvalue weighted by Crippen LogP contribution is -2.47. The first-order chi connectivity index (χ1) is 16.1. The third-order valence-electron chi connectivity index (χ3n) is 5.37. The van der Waals surface area contributed by atoms with Gasteiger partial charge in [0.05, 0.1) is 15.6 Å². The van der Waals surface area contributed by atoms with Crippen LogP contribution in [0, 0.1) is 0 Å². The van der Waals surface area contributed by atoms with Gasteiger partial charge in [-0.1, -0.05) is 17.7 Å². The van der Waals surface area contributed by atoms with Gasteiger partial charge in [0.15, 0.2) is 0 Å². The SMILES string of the molecule is O=C(NCCCN1CCN(c2ncccn2)CC1)c1ccc(Cl)c(NC(=O)c2cccs2)c1. The standard InChI is InChI=1S/C23H25ClN6O2S/c24-18-6-5-17(16-19(18)28-22(32)20-4-1-15-33-20)21(31)25-9-3-10-29-11-13-30(14-12-29)23-26-7-2-8-27-23/h1-2,4-8,15-16H,3,9-14H2,(H,25,31)(H,28,32). The number of nitrogens with one attached hydrogen (secondary N) is 2. The van der Waals surface area contributed by atoms with E-state index in [1.54, 1.807) is 36.7 Å². The summed E-state index contributed by atoms with van der Waals surface area (Å²) in [5, 5.41) is 7.94. The van der Waals surface area contributed by atoms with Crippen molar-refractivity contribution in [2.75, 3.05) is 49.5 Å². The van der Waals surface area contributed by atoms with Gasteiger partial charge in [-0.25, -0.2) is 9.97 Å². The van der Waals surface area contributed by atoms with Crippen molar-refractivity contribution in [3.63, 3.8) is 0 Å². The fourth-order valence-electron chi connectivity index (χ4n) is 3.59. The minimum absolute atomic E-state index is 0.190. The Bertz CT molecular complexity index is 1070. The highest BCUT2D eigenvalue weighted by atomic mass is 35.5. The second kappa shape index (κ2) is 11.2. The number of carbonyl (C=O) groups is 2. The minimum Gasteiger partial charge on any atom is -0.352 e. The zero-order valence-electron chi connectivity index (χ0n) is 18.0. The molecule has 0 spiro atoms. The molecule has 4 rings (SSSR count). The Labute approximate surface area is 201 Å². The molecule has 0 aliphatic carbocycles. The van der Waals surface area contributed by atoms with Gasteiger partial charge in [0.25, 0.3) is 11.8 Å². The lowest BCUT2D eigenvalue weighted by Gasteiger charge is -2.34. The zero-order valence-corrected chi connectivity index (χ0v) is 19.6. The van der Waals surface area contributed by atoms with E-state index in [1.165, 1.54) is 11.3 Å². The maximum atomic E-state index is 12.6. The van der Waals surface area contributed by atoms with Gasteiger partial charge in [-0.15, -0.1) is 11.3 Å². The van der Waals surface area contributed by atoms with Crippen molar-refractivity contribution < 1.29 is 9.59 Å². The van der Waals surface area contributed by atoms with Crippen molar-refractivity contribution in [2.24, 2.45) is 0 Å². The van der Waals surface area contributed by atoms with Crippen LogP contribution in [0.5, 0.6) is 0 Å². The van der Waals surface area contributed by atoms with Crippen LogP contribution < -0.4 is 15.5 Å². The van der Waals surface area contributed by atoms with Crippen LogP contribution in [0.3, 0.4) is 0 Å². The van der Waals surface area contributed by atoms with Gasteiger partial charge in [-0.05, 0) is 48.7 Å². The van der Waals surface area contributed by atoms with E-state index in [2.05, 4.69) is 30.4 Å². The fourth-order valence-corrected chi connectivity index (χ4v) is 4.37. The minimum atomic E-state index is -0.247. The summed E-state index contributed by atoms with van der Waals surface area (Å²) in [7, 11) is 0. The molecule has 0 saturated carbocycles. The van der Waals surface area contributed by atoms with Gasteiger partial charge in [-0.3, -0.25) is 14.5 Å². The van der Waals surface area contributed by atoms with Gasteiger partial charge in [0, 0.05) is 50.7 Å². The quantitative estimate of drug-likeness (QED) is 0.476. The Morgan fingerprint density at radius 3 is 2.55 bits per heavy atom. The Morgan fingerprint density at radius 2 is 1.82 bits per heavy atom. The number of thiophene rings is 1. The zero-order chi connectivity index (χ0) is 23.0. The number of hydrogen-bond donors (Lipinski definition) is 2. The molecule has 8 nitrogen and oxygen atoms in total. The summed E-state index contributed by atoms with van der Waals surface area (Å²) >= 11 is 7.55. The Hall–Kier alpha value is -3.01. The van der Waals surface area contributed by atoms with Crippen molar-refractivity contribution >= 4 is 46.4 Å². The molecular weight excluding hydrogens is 460 g/mol. The Morgan fingerprint density at radius 1 is 1.03 bits per heavy atom. The first-order valence-electron chi connectivity index (χ1n) is 10.8. The molecule has 0 radical (unpaired) electrons. The lowest BCUT2D eigenvalue weighted by atomic mass is 10.2. The molecule has 0 bridgehead atoms. The van der Waals surface area contributed by atoms with Crippen LogP contribution in [0.25, 0.3) is 0 Å². The molecule has 3 aromatic rings. The summed E-state index contributed by atoms with van der Waals surface area (Å²) in [5.74, 6) is 0.339. The van der Waals surface area contributed by atoms with E-state index >= 15 is 0 Å². The molecule has 2 amide bonds. The number of piperazine rings is 1. The van der Waals surface area contributed by atoms with Crippen LogP contribution in [0.2, 0.25) is 5.02 Å². The maximum Gasteiger partial charge on any atom is 0.265 e. The third kappa shape index (κ3) is 6.28. The van der Waals surface area contributed by atoms with E-state index in [1.807, 2.05) is 17.5 Å². The van der Waals surface area contributed by atoms with Crippen LogP contribution in [0.15, 0.2) is 54.2 Å². The molecule has 1 aliphatic heterocycles. The molecule has 172 valence electrons. The average molecular weight is 485 g/mol. The summed E-state index contributed by atoms with van der Waals surface area (Å²) in [6, 6.07) is 10.2. The van der Waals surface area contributed by atoms with E-state index in [4.69, 9.17) is 11.6 Å². The Balaban J connectivity index is 1.20. The highest BCUT2D eigenvalue weighted by Crippen LogP contribution is 2.24. The molecule has 1 aromatic carbocycles. The van der Waals surface area contributed by atoms with Crippen LogP contribution >= 0.6 is 22.9 Å². The molecule has 3 heterocycles. The molecule has 1 aliphatic rings.